The fourth-order valence-electron chi connectivity index (χ4n) is 2.53. The fraction of sp³-hybridized carbons (Fsp3) is 0.500. The van der Waals surface area contributed by atoms with Crippen molar-refractivity contribution >= 4 is 23.6 Å². The first kappa shape index (κ1) is 15.9. The van der Waals surface area contributed by atoms with Crippen LogP contribution in [0.3, 0.4) is 0 Å². The summed E-state index contributed by atoms with van der Waals surface area (Å²) in [7, 11) is 1.81. The van der Waals surface area contributed by atoms with Gasteiger partial charge in [-0.1, -0.05) is 24.6 Å². The number of hydrogen-bond donors (Lipinski definition) is 1. The van der Waals surface area contributed by atoms with Gasteiger partial charge in [-0.25, -0.2) is 4.79 Å². The fourth-order valence-corrected chi connectivity index (χ4v) is 3.84. The molecule has 1 aliphatic rings. The summed E-state index contributed by atoms with van der Waals surface area (Å²) in [5.41, 5.74) is 1.10. The molecule has 1 N–H and O–H groups in total. The van der Waals surface area contributed by atoms with Crippen molar-refractivity contribution in [1.82, 2.24) is 4.90 Å². The highest BCUT2D eigenvalue weighted by atomic mass is 32.2. The first-order chi connectivity index (χ1) is 10.1. The molecule has 1 atom stereocenters. The average molecular weight is 307 g/mol. The molecule has 114 valence electrons. The van der Waals surface area contributed by atoms with Crippen LogP contribution in [-0.2, 0) is 11.2 Å². The van der Waals surface area contributed by atoms with Crippen molar-refractivity contribution in [3.63, 3.8) is 0 Å². The minimum Gasteiger partial charge on any atom is -0.478 e. The summed E-state index contributed by atoms with van der Waals surface area (Å²) in [6.07, 6.45) is 3.85. The molecule has 1 unspecified atom stereocenters. The van der Waals surface area contributed by atoms with Crippen molar-refractivity contribution in [2.75, 3.05) is 19.3 Å². The van der Waals surface area contributed by atoms with E-state index in [0.717, 1.165) is 24.2 Å². The smallest absolute Gasteiger partial charge is 0.335 e. The zero-order chi connectivity index (χ0) is 15.2. The van der Waals surface area contributed by atoms with Crippen LogP contribution in [0.5, 0.6) is 0 Å². The van der Waals surface area contributed by atoms with E-state index in [9.17, 15) is 9.59 Å². The summed E-state index contributed by atoms with van der Waals surface area (Å²) in [6, 6.07) is 6.98. The zero-order valence-electron chi connectivity index (χ0n) is 12.2. The SMILES string of the molecule is CN(CCc1ccccc1C(=O)O)C(=O)C1CCCCS1. The number of carbonyl (C=O) groups excluding carboxylic acids is 1. The number of amides is 1. The number of aromatic carboxylic acids is 1. The van der Waals surface area contributed by atoms with Gasteiger partial charge in [-0.15, -0.1) is 11.8 Å². The highest BCUT2D eigenvalue weighted by Crippen LogP contribution is 2.26. The van der Waals surface area contributed by atoms with E-state index in [1.165, 1.54) is 6.42 Å². The lowest BCUT2D eigenvalue weighted by Gasteiger charge is -2.26. The molecule has 1 aromatic carbocycles. The third-order valence-corrected chi connectivity index (χ3v) is 5.16. The molecule has 5 heteroatoms. The molecule has 0 saturated carbocycles. The van der Waals surface area contributed by atoms with Gasteiger partial charge >= 0.3 is 5.97 Å². The molecule has 1 amide bonds. The second-order valence-corrected chi connectivity index (χ2v) is 6.64. The van der Waals surface area contributed by atoms with Crippen LogP contribution in [0.15, 0.2) is 24.3 Å². The number of thioether (sulfide) groups is 1. The van der Waals surface area contributed by atoms with Gasteiger partial charge in [-0.2, -0.15) is 0 Å². The summed E-state index contributed by atoms with van der Waals surface area (Å²) >= 11 is 1.74. The van der Waals surface area contributed by atoms with Gasteiger partial charge in [0.1, 0.15) is 0 Å². The lowest BCUT2D eigenvalue weighted by Crippen LogP contribution is -2.37. The number of benzene rings is 1. The largest absolute Gasteiger partial charge is 0.478 e. The Labute approximate surface area is 129 Å². The van der Waals surface area contributed by atoms with E-state index in [4.69, 9.17) is 5.11 Å². The van der Waals surface area contributed by atoms with Gasteiger partial charge in [-0.3, -0.25) is 4.79 Å². The predicted molar refractivity (Wildman–Crippen MR) is 84.8 cm³/mol. The Balaban J connectivity index is 1.93. The van der Waals surface area contributed by atoms with Gasteiger partial charge in [0.05, 0.1) is 10.8 Å². The molecule has 0 spiro atoms. The molecule has 0 aromatic heterocycles. The molecule has 21 heavy (non-hydrogen) atoms. The van der Waals surface area contributed by atoms with Crippen LogP contribution in [-0.4, -0.2) is 46.5 Å². The van der Waals surface area contributed by atoms with Gasteiger partial charge in [0, 0.05) is 13.6 Å². The lowest BCUT2D eigenvalue weighted by atomic mass is 10.0. The van der Waals surface area contributed by atoms with Crippen LogP contribution in [0.2, 0.25) is 0 Å². The van der Waals surface area contributed by atoms with Crippen LogP contribution in [0.25, 0.3) is 0 Å². The lowest BCUT2D eigenvalue weighted by molar-refractivity contribution is -0.129. The van der Waals surface area contributed by atoms with Crippen LogP contribution in [0.1, 0.15) is 35.2 Å². The van der Waals surface area contributed by atoms with Gasteiger partial charge < -0.3 is 10.0 Å². The van der Waals surface area contributed by atoms with E-state index in [1.807, 2.05) is 12.1 Å². The summed E-state index contributed by atoms with van der Waals surface area (Å²) < 4.78 is 0. The average Bonchev–Trinajstić information content (AvgIpc) is 2.52. The van der Waals surface area contributed by atoms with Crippen LogP contribution < -0.4 is 0 Å². The molecule has 2 rings (SSSR count). The summed E-state index contributed by atoms with van der Waals surface area (Å²) in [6.45, 7) is 0.556. The first-order valence-corrected chi connectivity index (χ1v) is 8.32. The van der Waals surface area contributed by atoms with Crippen LogP contribution >= 0.6 is 11.8 Å². The molecule has 1 heterocycles. The van der Waals surface area contributed by atoms with Crippen molar-refractivity contribution in [2.45, 2.75) is 30.9 Å². The zero-order valence-corrected chi connectivity index (χ0v) is 13.1. The molecular formula is C16H21NO3S. The summed E-state index contributed by atoms with van der Waals surface area (Å²) in [5.74, 6) is 0.321. The number of nitrogens with zero attached hydrogens (tertiary/aromatic N) is 1. The highest BCUT2D eigenvalue weighted by Gasteiger charge is 2.24. The first-order valence-electron chi connectivity index (χ1n) is 7.27. The molecule has 1 fully saturated rings. The van der Waals surface area contributed by atoms with Gasteiger partial charge in [0.2, 0.25) is 5.91 Å². The van der Waals surface area contributed by atoms with E-state index >= 15 is 0 Å². The Morgan fingerprint density at radius 2 is 2.10 bits per heavy atom. The third-order valence-electron chi connectivity index (χ3n) is 3.80. The number of rotatable bonds is 5. The Kier molecular flexibility index (Phi) is 5.67. The van der Waals surface area contributed by atoms with E-state index in [-0.39, 0.29) is 11.2 Å². The third kappa shape index (κ3) is 4.24. The van der Waals surface area contributed by atoms with Crippen molar-refractivity contribution in [2.24, 2.45) is 0 Å². The second kappa shape index (κ2) is 7.50. The number of carboxylic acids is 1. The maximum Gasteiger partial charge on any atom is 0.335 e. The standard InChI is InChI=1S/C16H21NO3S/c1-17(15(18)14-8-4-5-11-21-14)10-9-12-6-2-3-7-13(12)16(19)20/h2-3,6-7,14H,4-5,8-11H2,1H3,(H,19,20). The number of hydrogen-bond acceptors (Lipinski definition) is 3. The van der Waals surface area contributed by atoms with Crippen molar-refractivity contribution in [1.29, 1.82) is 0 Å². The maximum absolute atomic E-state index is 12.3. The molecule has 1 saturated heterocycles. The molecule has 0 bridgehead atoms. The Morgan fingerprint density at radius 1 is 1.33 bits per heavy atom. The molecule has 1 aliphatic heterocycles. The Bertz CT molecular complexity index is 512. The molecule has 0 radical (unpaired) electrons. The minimum absolute atomic E-state index is 0.0819. The maximum atomic E-state index is 12.3. The quantitative estimate of drug-likeness (QED) is 0.908. The monoisotopic (exact) mass is 307 g/mol. The van der Waals surface area contributed by atoms with Crippen molar-refractivity contribution < 1.29 is 14.7 Å². The van der Waals surface area contributed by atoms with E-state index in [1.54, 1.807) is 35.8 Å². The van der Waals surface area contributed by atoms with Gasteiger partial charge in [-0.05, 0) is 36.6 Å². The molecular weight excluding hydrogens is 286 g/mol. The number of carboxylic acid groups (broad SMARTS) is 1. The van der Waals surface area contributed by atoms with Crippen LogP contribution in [0, 0.1) is 0 Å². The normalized spacial score (nSPS) is 18.2. The molecule has 1 aromatic rings. The van der Waals surface area contributed by atoms with Gasteiger partial charge in [0.15, 0.2) is 0 Å². The number of carbonyl (C=O) groups is 2. The van der Waals surface area contributed by atoms with Crippen LogP contribution in [0.4, 0.5) is 0 Å². The Hall–Kier alpha value is -1.49. The summed E-state index contributed by atoms with van der Waals surface area (Å²) in [5, 5.41) is 9.24. The predicted octanol–water partition coefficient (Wildman–Crippen LogP) is 2.67. The number of likely N-dealkylation sites (N-methyl/N-ethyl adjacent to an activating group) is 1. The van der Waals surface area contributed by atoms with E-state index in [0.29, 0.717) is 18.5 Å². The summed E-state index contributed by atoms with van der Waals surface area (Å²) in [4.78, 5) is 25.2. The highest BCUT2D eigenvalue weighted by molar-refractivity contribution is 8.00. The molecule has 0 aliphatic carbocycles. The second-order valence-electron chi connectivity index (χ2n) is 5.33. The molecule has 4 nitrogen and oxygen atoms in total. The minimum atomic E-state index is -0.914. The topological polar surface area (TPSA) is 57.6 Å². The van der Waals surface area contributed by atoms with Crippen molar-refractivity contribution in [3.05, 3.63) is 35.4 Å². The van der Waals surface area contributed by atoms with Crippen molar-refractivity contribution in [3.8, 4) is 0 Å². The van der Waals surface area contributed by atoms with E-state index < -0.39 is 5.97 Å². The van der Waals surface area contributed by atoms with Gasteiger partial charge in [0.25, 0.3) is 0 Å². The Morgan fingerprint density at radius 3 is 2.76 bits per heavy atom. The van der Waals surface area contributed by atoms with E-state index in [2.05, 4.69) is 0 Å².